The number of nitrogens with one attached hydrogen (secondary N) is 1. The molecule has 0 bridgehead atoms. The topological polar surface area (TPSA) is 29.1 Å². The third-order valence-corrected chi connectivity index (χ3v) is 8.96. The van der Waals surface area contributed by atoms with E-state index in [4.69, 9.17) is 0 Å². The fourth-order valence-electron chi connectivity index (χ4n) is 3.46. The first-order valence-electron chi connectivity index (χ1n) is 9.43. The van der Waals surface area contributed by atoms with Crippen molar-refractivity contribution in [2.75, 3.05) is 11.1 Å². The first kappa shape index (κ1) is 20.8. The predicted octanol–water partition coefficient (Wildman–Crippen LogP) is 6.84. The molecule has 1 N–H and O–H groups in total. The quantitative estimate of drug-likeness (QED) is 0.507. The molecule has 27 heavy (non-hydrogen) atoms. The zero-order valence-electron chi connectivity index (χ0n) is 15.8. The number of benzene rings is 2. The summed E-state index contributed by atoms with van der Waals surface area (Å²) in [5.74, 6) is 0.624. The number of halogens is 1. The molecular weight excluding hydrogens is 438 g/mol. The molecule has 2 aromatic rings. The maximum atomic E-state index is 12.5. The second-order valence-corrected chi connectivity index (χ2v) is 10.4. The van der Waals surface area contributed by atoms with Crippen molar-refractivity contribution >= 4 is 51.0 Å². The first-order chi connectivity index (χ1) is 13.0. The van der Waals surface area contributed by atoms with E-state index < -0.39 is 0 Å². The number of carbonyl (C=O) groups is 1. The molecule has 1 fully saturated rings. The van der Waals surface area contributed by atoms with Crippen LogP contribution in [0.4, 0.5) is 5.69 Å². The number of amides is 1. The third kappa shape index (κ3) is 5.78. The smallest absolute Gasteiger partial charge is 0.234 e. The molecule has 1 aliphatic carbocycles. The van der Waals surface area contributed by atoms with Gasteiger partial charge in [0.15, 0.2) is 0 Å². The summed E-state index contributed by atoms with van der Waals surface area (Å²) >= 11 is 7.45. The summed E-state index contributed by atoms with van der Waals surface area (Å²) in [6.07, 6.45) is 4.97. The molecule has 0 heterocycles. The highest BCUT2D eigenvalue weighted by molar-refractivity contribution is 9.10. The fraction of sp³-hybridized carbons (Fsp3) is 0.409. The summed E-state index contributed by atoms with van der Waals surface area (Å²) in [6.45, 7) is 4.09. The average Bonchev–Trinajstić information content (AvgIpc) is 2.66. The molecule has 0 spiro atoms. The van der Waals surface area contributed by atoms with Crippen molar-refractivity contribution < 1.29 is 4.79 Å². The highest BCUT2D eigenvalue weighted by Crippen LogP contribution is 2.41. The molecule has 2 nitrogen and oxygen atoms in total. The van der Waals surface area contributed by atoms with Crippen molar-refractivity contribution in [2.45, 2.75) is 54.9 Å². The third-order valence-electron chi connectivity index (χ3n) is 4.93. The number of carbonyl (C=O) groups excluding carboxylic acids is 1. The molecule has 0 aliphatic heterocycles. The fourth-order valence-corrected chi connectivity index (χ4v) is 6.79. The largest absolute Gasteiger partial charge is 0.325 e. The van der Waals surface area contributed by atoms with Gasteiger partial charge in [0.2, 0.25) is 5.91 Å². The Labute approximate surface area is 179 Å². The van der Waals surface area contributed by atoms with Gasteiger partial charge in [0, 0.05) is 25.6 Å². The minimum atomic E-state index is 0.104. The van der Waals surface area contributed by atoms with Crippen LogP contribution in [0.3, 0.4) is 0 Å². The van der Waals surface area contributed by atoms with Gasteiger partial charge in [-0.15, -0.1) is 23.5 Å². The Morgan fingerprint density at radius 2 is 1.70 bits per heavy atom. The summed E-state index contributed by atoms with van der Waals surface area (Å²) in [5.41, 5.74) is 3.20. The van der Waals surface area contributed by atoms with Gasteiger partial charge in [-0.3, -0.25) is 4.79 Å². The van der Waals surface area contributed by atoms with E-state index >= 15 is 0 Å². The lowest BCUT2D eigenvalue weighted by Gasteiger charge is -2.30. The van der Waals surface area contributed by atoms with E-state index in [-0.39, 0.29) is 5.91 Å². The molecule has 3 rings (SSSR count). The molecule has 2 aromatic carbocycles. The van der Waals surface area contributed by atoms with E-state index in [9.17, 15) is 4.79 Å². The maximum Gasteiger partial charge on any atom is 0.234 e. The molecular formula is C22H26BrNOS2. The Morgan fingerprint density at radius 3 is 2.41 bits per heavy atom. The second-order valence-electron chi connectivity index (χ2n) is 7.04. The lowest BCUT2D eigenvalue weighted by Crippen LogP contribution is -2.27. The van der Waals surface area contributed by atoms with Crippen molar-refractivity contribution in [3.63, 3.8) is 0 Å². The van der Waals surface area contributed by atoms with Gasteiger partial charge in [0.1, 0.15) is 0 Å². The van der Waals surface area contributed by atoms with Crippen LogP contribution >= 0.6 is 39.5 Å². The van der Waals surface area contributed by atoms with Gasteiger partial charge < -0.3 is 5.32 Å². The SMILES string of the molecule is Cc1cccc(C)c1NC(=O)CSC1CCCCC1Sc1ccccc1Br. The van der Waals surface area contributed by atoms with Crippen molar-refractivity contribution in [1.29, 1.82) is 0 Å². The van der Waals surface area contributed by atoms with Crippen molar-refractivity contribution in [3.8, 4) is 0 Å². The molecule has 2 atom stereocenters. The Kier molecular flexibility index (Phi) is 7.74. The van der Waals surface area contributed by atoms with Crippen LogP contribution in [0.5, 0.6) is 0 Å². The molecule has 1 aliphatic rings. The summed E-state index contributed by atoms with van der Waals surface area (Å²) in [7, 11) is 0. The minimum absolute atomic E-state index is 0.104. The summed E-state index contributed by atoms with van der Waals surface area (Å²) in [4.78, 5) is 13.8. The van der Waals surface area contributed by atoms with Crippen LogP contribution in [0.2, 0.25) is 0 Å². The van der Waals surface area contributed by atoms with Gasteiger partial charge in [0.25, 0.3) is 0 Å². The number of rotatable bonds is 6. The van der Waals surface area contributed by atoms with Gasteiger partial charge >= 0.3 is 0 Å². The summed E-state index contributed by atoms with van der Waals surface area (Å²) < 4.78 is 1.16. The zero-order valence-corrected chi connectivity index (χ0v) is 19.1. The average molecular weight is 464 g/mol. The normalized spacial score (nSPS) is 19.7. The number of thioether (sulfide) groups is 2. The van der Waals surface area contributed by atoms with E-state index in [2.05, 4.69) is 45.5 Å². The Morgan fingerprint density at radius 1 is 1.04 bits per heavy atom. The predicted molar refractivity (Wildman–Crippen MR) is 123 cm³/mol. The number of hydrogen-bond donors (Lipinski definition) is 1. The van der Waals surface area contributed by atoms with Crippen molar-refractivity contribution in [1.82, 2.24) is 0 Å². The molecule has 0 saturated heterocycles. The van der Waals surface area contributed by atoms with Crippen molar-refractivity contribution in [3.05, 3.63) is 58.1 Å². The standard InChI is InChI=1S/C22H26BrNOS2/c1-15-8-7-9-16(2)22(15)24-21(25)14-26-19-12-5-6-13-20(19)27-18-11-4-3-10-17(18)23/h3-4,7-11,19-20H,5-6,12-14H2,1-2H3,(H,24,25). The summed E-state index contributed by atoms with van der Waals surface area (Å²) in [5, 5.41) is 4.21. The Balaban J connectivity index is 1.58. The second kappa shape index (κ2) is 10.0. The molecule has 1 amide bonds. The van der Waals surface area contributed by atoms with Gasteiger partial charge in [-0.25, -0.2) is 0 Å². The number of aryl methyl sites for hydroxylation is 2. The van der Waals surface area contributed by atoms with Crippen LogP contribution < -0.4 is 5.32 Å². The molecule has 1 saturated carbocycles. The number of para-hydroxylation sites is 1. The van der Waals surface area contributed by atoms with Crippen LogP contribution in [-0.2, 0) is 4.79 Å². The van der Waals surface area contributed by atoms with Gasteiger partial charge in [0.05, 0.1) is 5.75 Å². The number of anilines is 1. The number of hydrogen-bond acceptors (Lipinski definition) is 3. The minimum Gasteiger partial charge on any atom is -0.325 e. The lowest BCUT2D eigenvalue weighted by molar-refractivity contribution is -0.113. The molecule has 0 aromatic heterocycles. The van der Waals surface area contributed by atoms with Gasteiger partial charge in [-0.05, 0) is 65.9 Å². The molecule has 5 heteroatoms. The highest BCUT2D eigenvalue weighted by atomic mass is 79.9. The van der Waals surface area contributed by atoms with Gasteiger partial charge in [-0.1, -0.05) is 43.2 Å². The van der Waals surface area contributed by atoms with Crippen LogP contribution in [0, 0.1) is 13.8 Å². The van der Waals surface area contributed by atoms with Crippen LogP contribution in [0.1, 0.15) is 36.8 Å². The van der Waals surface area contributed by atoms with Gasteiger partial charge in [-0.2, -0.15) is 0 Å². The van der Waals surface area contributed by atoms with Crippen molar-refractivity contribution in [2.24, 2.45) is 0 Å². The molecule has 2 unspecified atom stereocenters. The van der Waals surface area contributed by atoms with E-state index in [0.29, 0.717) is 16.3 Å². The Bertz CT molecular complexity index is 775. The molecule has 0 radical (unpaired) electrons. The van der Waals surface area contributed by atoms with Crippen LogP contribution in [0.15, 0.2) is 51.8 Å². The lowest BCUT2D eigenvalue weighted by atomic mass is 10.00. The van der Waals surface area contributed by atoms with E-state index in [1.807, 2.05) is 55.6 Å². The maximum absolute atomic E-state index is 12.5. The Hall–Kier alpha value is -0.910. The van der Waals surface area contributed by atoms with E-state index in [1.165, 1.54) is 30.6 Å². The van der Waals surface area contributed by atoms with Crippen LogP contribution in [-0.4, -0.2) is 22.2 Å². The van der Waals surface area contributed by atoms with Crippen LogP contribution in [0.25, 0.3) is 0 Å². The molecule has 144 valence electrons. The highest BCUT2D eigenvalue weighted by Gasteiger charge is 2.27. The summed E-state index contributed by atoms with van der Waals surface area (Å²) in [6, 6.07) is 14.5. The monoisotopic (exact) mass is 463 g/mol. The van der Waals surface area contributed by atoms with E-state index in [0.717, 1.165) is 21.3 Å². The zero-order chi connectivity index (χ0) is 19.2. The van der Waals surface area contributed by atoms with E-state index in [1.54, 1.807) is 0 Å². The first-order valence-corrected chi connectivity index (χ1v) is 12.2.